The molecule has 27 heteroatoms. The van der Waals surface area contributed by atoms with E-state index in [-0.39, 0.29) is 64.8 Å². The number of hydrogen-bond donors (Lipinski definition) is 0. The van der Waals surface area contributed by atoms with Crippen molar-refractivity contribution in [1.29, 1.82) is 0 Å². The van der Waals surface area contributed by atoms with Crippen LogP contribution >= 0.6 is 7.81 Å². The molecule has 7 heterocycles. The van der Waals surface area contributed by atoms with Crippen LogP contribution in [0.25, 0.3) is 45.6 Å². The van der Waals surface area contributed by atoms with Crippen molar-refractivity contribution in [1.82, 2.24) is 50.5 Å². The van der Waals surface area contributed by atoms with E-state index in [2.05, 4.69) is 50.5 Å². The van der Waals surface area contributed by atoms with Crippen molar-refractivity contribution in [2.75, 3.05) is 0 Å². The van der Waals surface area contributed by atoms with Crippen molar-refractivity contribution >= 4 is 13.6 Å². The molecule has 0 amide bonds. The van der Waals surface area contributed by atoms with Crippen LogP contribution in [0.1, 0.15) is 36.6 Å². The molecule has 7 aromatic rings. The van der Waals surface area contributed by atoms with E-state index in [1.54, 1.807) is 85.2 Å². The molecule has 7 aromatic heterocycles. The van der Waals surface area contributed by atoms with E-state index in [0.717, 1.165) is 23.5 Å². The molecule has 0 aliphatic heterocycles. The SMILES string of the molecule is CC(C)=O.Cc1cc(C)[n-]n1.FC(F)(F)c1cc(-c2cccc(-c3ccccn3)n2)[n-]n1.FC(F)(F)c1cc(-c2cccc(-c3ccccn3)n2)[n-]n1.F[P-](F)(F)(F)(F)F.O.[Pt+2].[Pt+2]. The van der Waals surface area contributed by atoms with Crippen molar-refractivity contribution in [2.45, 2.75) is 40.0 Å². The molecule has 0 radical (unpaired) electrons. The Balaban J connectivity index is 0.000000855. The largest absolute Gasteiger partial charge is 2.00 e. The summed E-state index contributed by atoms with van der Waals surface area (Å²) >= 11 is 0. The Kier molecular flexibility index (Phi) is 21.1. The predicted molar refractivity (Wildman–Crippen MR) is 199 cm³/mol. The molecule has 0 spiro atoms. The standard InChI is InChI=1S/2C14H8F3N4.C5H7N2.C3H6O.F6P.H2O.2Pt/c2*15-14(16,17)13-8-12(20-21-13)11-6-3-5-10(19-11)9-4-1-2-7-18-9;1-4-3-5(2)7-6-4;1-3(2)4;1-7(2,3,4,5)6;;;/h2*1-8H;3H,1-2H3;1-2H3;;1H2;;/q3*-1;;-1;;2*+2. The van der Waals surface area contributed by atoms with Gasteiger partial charge in [-0.25, -0.2) is 9.97 Å². The minimum atomic E-state index is -10.7. The Morgan fingerprint density at radius 2 is 0.857 bits per heavy atom. The summed E-state index contributed by atoms with van der Waals surface area (Å²) in [5.41, 5.74) is 3.14. The van der Waals surface area contributed by atoms with Gasteiger partial charge in [0.1, 0.15) is 17.2 Å². The molecule has 0 fully saturated rings. The number of alkyl halides is 6. The molecule has 0 unspecified atom stereocenters. The summed E-state index contributed by atoms with van der Waals surface area (Å²) in [4.78, 5) is 26.3. The number of hydrogen-bond acceptors (Lipinski definition) is 8. The maximum atomic E-state index is 12.5. The van der Waals surface area contributed by atoms with Gasteiger partial charge >= 0.3 is 87.5 Å². The van der Waals surface area contributed by atoms with Crippen molar-refractivity contribution in [3.8, 4) is 45.6 Å². The Morgan fingerprint density at radius 1 is 0.524 bits per heavy atom. The minimum Gasteiger partial charge on any atom is -0.412 e. The van der Waals surface area contributed by atoms with Crippen LogP contribution in [-0.4, -0.2) is 46.5 Å². The molecule has 0 saturated heterocycles. The van der Waals surface area contributed by atoms with Crippen molar-refractivity contribution in [3.05, 3.63) is 126 Å². The van der Waals surface area contributed by atoms with Gasteiger partial charge in [-0.15, -0.1) is 5.69 Å². The van der Waals surface area contributed by atoms with Crippen molar-refractivity contribution in [2.24, 2.45) is 0 Å². The van der Waals surface area contributed by atoms with E-state index < -0.39 is 31.5 Å². The molecule has 0 aliphatic rings. The maximum Gasteiger partial charge on any atom is 2.00 e. The summed E-state index contributed by atoms with van der Waals surface area (Å²) in [7, 11) is -10.7. The van der Waals surface area contributed by atoms with Crippen molar-refractivity contribution < 1.29 is 104 Å². The Labute approximate surface area is 378 Å². The van der Waals surface area contributed by atoms with Crippen LogP contribution in [-0.2, 0) is 59.3 Å². The molecule has 2 N–H and O–H groups in total. The van der Waals surface area contributed by atoms with Crippen LogP contribution in [0.4, 0.5) is 51.5 Å². The van der Waals surface area contributed by atoms with Gasteiger partial charge in [0.2, 0.25) is 0 Å². The second kappa shape index (κ2) is 23.0. The molecule has 7 rings (SSSR count). The van der Waals surface area contributed by atoms with Gasteiger partial charge in [-0.1, -0.05) is 48.6 Å². The first-order valence-electron chi connectivity index (χ1n) is 16.4. The molecule has 346 valence electrons. The molecule has 12 nitrogen and oxygen atoms in total. The minimum absolute atomic E-state index is 0. The second-order valence-corrected chi connectivity index (χ2v) is 13.9. The van der Waals surface area contributed by atoms with Gasteiger partial charge in [-0.05, 0) is 81.4 Å². The van der Waals surface area contributed by atoms with Gasteiger partial charge in [0.15, 0.2) is 0 Å². The third-order valence-electron chi connectivity index (χ3n) is 6.32. The maximum absolute atomic E-state index is 12.5. The molecule has 0 aromatic carbocycles. The Hall–Kier alpha value is -5.17. The van der Waals surface area contributed by atoms with Crippen LogP contribution in [0.15, 0.2) is 103 Å². The summed E-state index contributed by atoms with van der Waals surface area (Å²) in [6.45, 7) is 6.92. The number of aryl methyl sites for hydroxylation is 2. The zero-order chi connectivity index (χ0) is 45.0. The number of carbonyl (C=O) groups excluding carboxylic acids is 1. The predicted octanol–water partition coefficient (Wildman–Crippen LogP) is 10.2. The number of rotatable bonds is 4. The number of nitrogens with zero attached hydrogens (tertiary/aromatic N) is 10. The number of pyridine rings is 4. The van der Waals surface area contributed by atoms with Crippen molar-refractivity contribution in [3.63, 3.8) is 0 Å². The van der Waals surface area contributed by atoms with Gasteiger partial charge < -0.3 is 40.9 Å². The number of carbonyl (C=O) groups is 1. The zero-order valence-electron chi connectivity index (χ0n) is 32.3. The van der Waals surface area contributed by atoms with Crippen LogP contribution in [0.2, 0.25) is 0 Å². The van der Waals surface area contributed by atoms with E-state index in [0.29, 0.717) is 34.2 Å². The number of halogens is 12. The molecule has 0 bridgehead atoms. The number of Topliss-reactive ketones (excluding diaryl/α,β-unsaturated/α-hetero) is 1. The fraction of sp³-hybridized carbons (Fsp3) is 0.167. The van der Waals surface area contributed by atoms with Gasteiger partial charge in [-0.3, -0.25) is 9.97 Å². The summed E-state index contributed by atoms with van der Waals surface area (Å²) < 4.78 is 134. The second-order valence-electron chi connectivity index (χ2n) is 12.0. The fourth-order valence-corrected chi connectivity index (χ4v) is 4.10. The molecular formula is C36H31F12N10O2PPt2. The quantitative estimate of drug-likeness (QED) is 0.121. The first-order valence-corrected chi connectivity index (χ1v) is 18.5. The van der Waals surface area contributed by atoms with Gasteiger partial charge in [0, 0.05) is 18.1 Å². The average molecular weight is 1280 g/mol. The smallest absolute Gasteiger partial charge is 0.412 e. The van der Waals surface area contributed by atoms with E-state index in [1.807, 2.05) is 19.9 Å². The first-order chi connectivity index (χ1) is 27.5. The molecule has 0 saturated carbocycles. The zero-order valence-corrected chi connectivity index (χ0v) is 37.7. The normalized spacial score (nSPS) is 11.7. The van der Waals surface area contributed by atoms with E-state index in [9.17, 15) is 56.3 Å². The Bertz CT molecular complexity index is 2290. The van der Waals surface area contributed by atoms with Crippen LogP contribution in [0.5, 0.6) is 0 Å². The van der Waals surface area contributed by atoms with Gasteiger partial charge in [0.25, 0.3) is 0 Å². The van der Waals surface area contributed by atoms with Crippen LogP contribution < -0.4 is 15.3 Å². The Morgan fingerprint density at radius 3 is 1.10 bits per heavy atom. The molecule has 0 aliphatic carbocycles. The average Bonchev–Trinajstić information content (AvgIpc) is 3.93. The number of aromatic nitrogens is 10. The van der Waals surface area contributed by atoms with Crippen LogP contribution in [0, 0.1) is 13.8 Å². The topological polar surface area (TPSA) is 181 Å². The molecule has 63 heavy (non-hydrogen) atoms. The van der Waals surface area contributed by atoms with Crippen LogP contribution in [0.3, 0.4) is 0 Å². The van der Waals surface area contributed by atoms with E-state index in [1.165, 1.54) is 13.8 Å². The van der Waals surface area contributed by atoms with E-state index >= 15 is 0 Å². The summed E-state index contributed by atoms with van der Waals surface area (Å²) in [5, 5.41) is 20.9. The summed E-state index contributed by atoms with van der Waals surface area (Å²) in [6.07, 6.45) is -5.78. The summed E-state index contributed by atoms with van der Waals surface area (Å²) in [6, 6.07) is 24.4. The van der Waals surface area contributed by atoms with E-state index in [4.69, 9.17) is 0 Å². The monoisotopic (exact) mass is 1280 g/mol. The first kappa shape index (κ1) is 57.8. The summed E-state index contributed by atoms with van der Waals surface area (Å²) in [5.74, 6) is 0.167. The fourth-order valence-electron chi connectivity index (χ4n) is 4.10. The molecular weight excluding hydrogens is 1250 g/mol. The third-order valence-corrected chi connectivity index (χ3v) is 6.32. The molecule has 0 atom stereocenters. The van der Waals surface area contributed by atoms with Gasteiger partial charge in [-0.2, -0.15) is 26.3 Å². The number of ketones is 1. The third kappa shape index (κ3) is 23.2. The van der Waals surface area contributed by atoms with Gasteiger partial charge in [0.05, 0.1) is 34.2 Å².